The van der Waals surface area contributed by atoms with Gasteiger partial charge in [-0.3, -0.25) is 4.79 Å². The van der Waals surface area contributed by atoms with Gasteiger partial charge in [0.05, 0.1) is 6.07 Å². The second-order valence-electron chi connectivity index (χ2n) is 3.09. The number of carbonyl (C=O) groups excluding carboxylic acids is 1. The number of nitriles is 1. The molecule has 3 heteroatoms. The highest BCUT2D eigenvalue weighted by molar-refractivity contribution is 5.76. The van der Waals surface area contributed by atoms with Crippen LogP contribution in [0.4, 0.5) is 0 Å². The molecule has 11 heavy (non-hydrogen) atoms. The summed E-state index contributed by atoms with van der Waals surface area (Å²) in [5.74, 6) is -0.236. The van der Waals surface area contributed by atoms with Gasteiger partial charge in [0.15, 0.2) is 0 Å². The minimum Gasteiger partial charge on any atom is -0.369 e. The molecule has 1 aliphatic rings. The van der Waals surface area contributed by atoms with E-state index in [1.807, 2.05) is 0 Å². The molecule has 60 valence electrons. The Labute approximate surface area is 66.2 Å². The van der Waals surface area contributed by atoms with Crippen LogP contribution in [0.15, 0.2) is 0 Å². The van der Waals surface area contributed by atoms with Crippen LogP contribution in [0.3, 0.4) is 0 Å². The molecular weight excluding hydrogens is 140 g/mol. The number of nitrogens with two attached hydrogens (primary N) is 1. The fourth-order valence-electron chi connectivity index (χ4n) is 1.57. The average molecular weight is 152 g/mol. The summed E-state index contributed by atoms with van der Waals surface area (Å²) in [5.41, 5.74) is 5.14. The average Bonchev–Trinajstić information content (AvgIpc) is 2.05. The van der Waals surface area contributed by atoms with E-state index < -0.39 is 0 Å². The maximum Gasteiger partial charge on any atom is 0.220 e. The fourth-order valence-corrected chi connectivity index (χ4v) is 1.57. The quantitative estimate of drug-likeness (QED) is 0.604. The van der Waals surface area contributed by atoms with Crippen molar-refractivity contribution < 1.29 is 4.79 Å². The largest absolute Gasteiger partial charge is 0.369 e. The number of hydrogen-bond donors (Lipinski definition) is 1. The lowest BCUT2D eigenvalue weighted by atomic mass is 9.82. The van der Waals surface area contributed by atoms with E-state index in [1.165, 1.54) is 0 Å². The van der Waals surface area contributed by atoms with Gasteiger partial charge >= 0.3 is 0 Å². The Kier molecular flexibility index (Phi) is 2.48. The molecule has 2 N–H and O–H groups in total. The highest BCUT2D eigenvalue weighted by Crippen LogP contribution is 2.27. The maximum atomic E-state index is 10.7. The molecule has 0 aliphatic heterocycles. The lowest BCUT2D eigenvalue weighted by Crippen LogP contribution is -2.28. The van der Waals surface area contributed by atoms with Crippen molar-refractivity contribution in [3.63, 3.8) is 0 Å². The normalized spacial score (nSPS) is 30.8. The third kappa shape index (κ3) is 1.94. The van der Waals surface area contributed by atoms with Crippen molar-refractivity contribution in [3.8, 4) is 6.07 Å². The summed E-state index contributed by atoms with van der Waals surface area (Å²) in [6.07, 6.45) is 3.44. The van der Waals surface area contributed by atoms with Crippen LogP contribution in [-0.4, -0.2) is 5.91 Å². The first-order valence-corrected chi connectivity index (χ1v) is 3.93. The number of carbonyl (C=O) groups is 1. The molecule has 0 aromatic heterocycles. The van der Waals surface area contributed by atoms with E-state index in [9.17, 15) is 4.79 Å². The number of amides is 1. The van der Waals surface area contributed by atoms with Crippen LogP contribution in [0.1, 0.15) is 25.7 Å². The number of hydrogen-bond acceptors (Lipinski definition) is 2. The molecular formula is C8H12N2O. The monoisotopic (exact) mass is 152 g/mol. The van der Waals surface area contributed by atoms with Crippen LogP contribution in [0, 0.1) is 23.2 Å². The molecule has 0 saturated heterocycles. The Hall–Kier alpha value is -1.04. The standard InChI is InChI=1S/C8H12N2O/c9-5-6-2-1-3-7(4-6)8(10)11/h6-7H,1-4H2,(H2,10,11)/t6-,7-/m1/s1. The molecule has 0 spiro atoms. The summed E-state index contributed by atoms with van der Waals surface area (Å²) in [6.45, 7) is 0. The van der Waals surface area contributed by atoms with Crippen LogP contribution in [0.25, 0.3) is 0 Å². The summed E-state index contributed by atoms with van der Waals surface area (Å²) in [6, 6.07) is 2.18. The Balaban J connectivity index is 2.47. The second-order valence-corrected chi connectivity index (χ2v) is 3.09. The van der Waals surface area contributed by atoms with Crippen molar-refractivity contribution in [2.24, 2.45) is 17.6 Å². The van der Waals surface area contributed by atoms with Crippen LogP contribution < -0.4 is 5.73 Å². The predicted octanol–water partition coefficient (Wildman–Crippen LogP) is 0.802. The highest BCUT2D eigenvalue weighted by Gasteiger charge is 2.24. The third-order valence-corrected chi connectivity index (χ3v) is 2.26. The summed E-state index contributed by atoms with van der Waals surface area (Å²) in [4.78, 5) is 10.7. The molecule has 0 aromatic rings. The zero-order valence-electron chi connectivity index (χ0n) is 6.42. The van der Waals surface area contributed by atoms with Gasteiger partial charge < -0.3 is 5.73 Å². The summed E-state index contributed by atoms with van der Waals surface area (Å²) >= 11 is 0. The summed E-state index contributed by atoms with van der Waals surface area (Å²) in [7, 11) is 0. The zero-order valence-corrected chi connectivity index (χ0v) is 6.42. The van der Waals surface area contributed by atoms with Crippen LogP contribution in [0.2, 0.25) is 0 Å². The Morgan fingerprint density at radius 3 is 2.82 bits per heavy atom. The molecule has 2 atom stereocenters. The van der Waals surface area contributed by atoms with Crippen molar-refractivity contribution in [1.82, 2.24) is 0 Å². The van der Waals surface area contributed by atoms with Crippen LogP contribution in [0.5, 0.6) is 0 Å². The Morgan fingerprint density at radius 2 is 2.27 bits per heavy atom. The Bertz CT molecular complexity index is 195. The summed E-state index contributed by atoms with van der Waals surface area (Å²) < 4.78 is 0. The van der Waals surface area contributed by atoms with E-state index in [-0.39, 0.29) is 17.7 Å². The molecule has 0 aromatic carbocycles. The van der Waals surface area contributed by atoms with Crippen molar-refractivity contribution in [1.29, 1.82) is 5.26 Å². The minimum absolute atomic E-state index is 0.0478. The van der Waals surface area contributed by atoms with Crippen molar-refractivity contribution >= 4 is 5.91 Å². The first kappa shape index (κ1) is 8.06. The molecule has 0 unspecified atom stereocenters. The van der Waals surface area contributed by atoms with E-state index in [0.29, 0.717) is 6.42 Å². The molecule has 1 aliphatic carbocycles. The minimum atomic E-state index is -0.245. The van der Waals surface area contributed by atoms with Crippen molar-refractivity contribution in [3.05, 3.63) is 0 Å². The van der Waals surface area contributed by atoms with E-state index in [1.54, 1.807) is 0 Å². The van der Waals surface area contributed by atoms with E-state index in [0.717, 1.165) is 19.3 Å². The molecule has 0 heterocycles. The zero-order chi connectivity index (χ0) is 8.27. The second kappa shape index (κ2) is 3.38. The SMILES string of the molecule is N#C[C@@H]1CCC[C@@H](C(N)=O)C1. The van der Waals surface area contributed by atoms with E-state index in [4.69, 9.17) is 11.0 Å². The third-order valence-electron chi connectivity index (χ3n) is 2.26. The van der Waals surface area contributed by atoms with Gasteiger partial charge in [0.1, 0.15) is 0 Å². The van der Waals surface area contributed by atoms with Gasteiger partial charge in [-0.15, -0.1) is 0 Å². The molecule has 3 nitrogen and oxygen atoms in total. The molecule has 0 radical (unpaired) electrons. The van der Waals surface area contributed by atoms with Gasteiger partial charge in [-0.2, -0.15) is 5.26 Å². The molecule has 0 bridgehead atoms. The van der Waals surface area contributed by atoms with E-state index >= 15 is 0 Å². The van der Waals surface area contributed by atoms with Gasteiger partial charge in [0.25, 0.3) is 0 Å². The smallest absolute Gasteiger partial charge is 0.220 e. The van der Waals surface area contributed by atoms with Gasteiger partial charge in [-0.1, -0.05) is 6.42 Å². The van der Waals surface area contributed by atoms with Gasteiger partial charge in [-0.25, -0.2) is 0 Å². The van der Waals surface area contributed by atoms with Gasteiger partial charge in [0.2, 0.25) is 5.91 Å². The van der Waals surface area contributed by atoms with Gasteiger partial charge in [0, 0.05) is 11.8 Å². The lowest BCUT2D eigenvalue weighted by Gasteiger charge is -2.21. The molecule has 1 amide bonds. The molecule has 1 saturated carbocycles. The Morgan fingerprint density at radius 1 is 1.55 bits per heavy atom. The molecule has 1 rings (SSSR count). The highest BCUT2D eigenvalue weighted by atomic mass is 16.1. The number of primary amides is 1. The first-order chi connectivity index (χ1) is 5.24. The number of rotatable bonds is 1. The van der Waals surface area contributed by atoms with Crippen LogP contribution in [-0.2, 0) is 4.79 Å². The topological polar surface area (TPSA) is 66.9 Å². The maximum absolute atomic E-state index is 10.7. The fraction of sp³-hybridized carbons (Fsp3) is 0.750. The summed E-state index contributed by atoms with van der Waals surface area (Å²) in [5, 5.41) is 8.59. The van der Waals surface area contributed by atoms with E-state index in [2.05, 4.69) is 6.07 Å². The predicted molar refractivity (Wildman–Crippen MR) is 40.3 cm³/mol. The van der Waals surface area contributed by atoms with Crippen LogP contribution >= 0.6 is 0 Å². The molecule has 1 fully saturated rings. The number of nitrogens with zero attached hydrogens (tertiary/aromatic N) is 1. The lowest BCUT2D eigenvalue weighted by molar-refractivity contribution is -0.122. The van der Waals surface area contributed by atoms with Crippen molar-refractivity contribution in [2.45, 2.75) is 25.7 Å². The van der Waals surface area contributed by atoms with Gasteiger partial charge in [-0.05, 0) is 19.3 Å². The van der Waals surface area contributed by atoms with Crippen molar-refractivity contribution in [2.75, 3.05) is 0 Å². The first-order valence-electron chi connectivity index (χ1n) is 3.93.